The minimum absolute atomic E-state index is 0.0202. The molecular weight excluding hydrogens is 186 g/mol. The van der Waals surface area contributed by atoms with Gasteiger partial charge in [-0.3, -0.25) is 10.2 Å². The lowest BCUT2D eigenvalue weighted by Gasteiger charge is -1.99. The van der Waals surface area contributed by atoms with E-state index in [9.17, 15) is 4.79 Å². The summed E-state index contributed by atoms with van der Waals surface area (Å²) in [7, 11) is 0. The smallest absolute Gasteiger partial charge is 0.248 e. The van der Waals surface area contributed by atoms with Crippen molar-refractivity contribution in [1.29, 1.82) is 5.41 Å². The number of nitrogens with two attached hydrogens (primary N) is 2. The van der Waals surface area contributed by atoms with Crippen LogP contribution in [0.4, 0.5) is 0 Å². The Kier molecular flexibility index (Phi) is 2.92. The molecule has 0 spiro atoms. The van der Waals surface area contributed by atoms with Crippen molar-refractivity contribution in [3.05, 3.63) is 29.8 Å². The Morgan fingerprint density at radius 3 is 2.15 bits per heavy atom. The zero-order valence-corrected chi connectivity index (χ0v) is 7.60. The molecule has 0 radical (unpaired) electrons. The van der Waals surface area contributed by atoms with Crippen molar-refractivity contribution in [2.24, 2.45) is 11.5 Å². The maximum absolute atomic E-state index is 10.7. The average Bonchev–Trinajstić information content (AvgIpc) is 2.04. The van der Waals surface area contributed by atoms with E-state index in [1.165, 1.54) is 0 Å². The maximum atomic E-state index is 10.7. The number of primary amides is 1. The molecule has 13 heavy (non-hydrogen) atoms. The van der Waals surface area contributed by atoms with Gasteiger partial charge in [-0.05, 0) is 24.3 Å². The van der Waals surface area contributed by atoms with Gasteiger partial charge in [0.25, 0.3) is 0 Å². The monoisotopic (exact) mass is 195 g/mol. The normalized spacial score (nSPS) is 9.54. The number of benzene rings is 1. The summed E-state index contributed by atoms with van der Waals surface area (Å²) in [4.78, 5) is 11.5. The topological polar surface area (TPSA) is 93.0 Å². The van der Waals surface area contributed by atoms with E-state index in [4.69, 9.17) is 16.9 Å². The van der Waals surface area contributed by atoms with E-state index in [1.54, 1.807) is 24.3 Å². The highest BCUT2D eigenvalue weighted by atomic mass is 32.2. The molecule has 0 unspecified atom stereocenters. The second kappa shape index (κ2) is 3.95. The molecule has 0 aliphatic rings. The van der Waals surface area contributed by atoms with Gasteiger partial charge in [-0.2, -0.15) is 0 Å². The molecule has 0 fully saturated rings. The fourth-order valence-corrected chi connectivity index (χ4v) is 1.34. The summed E-state index contributed by atoms with van der Waals surface area (Å²) in [5.74, 6) is -0.459. The van der Waals surface area contributed by atoms with Gasteiger partial charge in [-0.15, -0.1) is 0 Å². The molecule has 0 heterocycles. The van der Waals surface area contributed by atoms with Crippen LogP contribution in [0, 0.1) is 5.41 Å². The molecule has 1 aromatic rings. The molecule has 0 aliphatic heterocycles. The SMILES string of the molecule is N=C(N)Sc1ccc(C(N)=O)cc1. The molecule has 0 aromatic heterocycles. The Labute approximate surface area is 79.8 Å². The largest absolute Gasteiger partial charge is 0.378 e. The summed E-state index contributed by atoms with van der Waals surface area (Å²) in [5.41, 5.74) is 10.7. The van der Waals surface area contributed by atoms with E-state index in [1.807, 2.05) is 0 Å². The van der Waals surface area contributed by atoms with Crippen molar-refractivity contribution in [2.45, 2.75) is 4.90 Å². The molecule has 0 bridgehead atoms. The van der Waals surface area contributed by atoms with Crippen LogP contribution in [0.3, 0.4) is 0 Å². The first-order valence-corrected chi connectivity index (χ1v) is 4.33. The van der Waals surface area contributed by atoms with Gasteiger partial charge in [-0.1, -0.05) is 11.8 Å². The van der Waals surface area contributed by atoms with Crippen LogP contribution in [0.2, 0.25) is 0 Å². The molecule has 5 heteroatoms. The molecule has 0 aliphatic carbocycles. The summed E-state index contributed by atoms with van der Waals surface area (Å²) in [6.45, 7) is 0. The Morgan fingerprint density at radius 1 is 1.23 bits per heavy atom. The molecule has 1 amide bonds. The molecule has 4 nitrogen and oxygen atoms in total. The third kappa shape index (κ3) is 2.79. The molecule has 1 rings (SSSR count). The number of nitrogens with one attached hydrogen (secondary N) is 1. The van der Waals surface area contributed by atoms with Gasteiger partial charge in [0.1, 0.15) is 0 Å². The number of hydrogen-bond acceptors (Lipinski definition) is 3. The standard InChI is InChI=1S/C8H9N3OS/c9-7(12)5-1-3-6(4-2-5)13-8(10)11/h1-4H,(H2,9,12)(H3,10,11). The first-order valence-electron chi connectivity index (χ1n) is 3.51. The molecule has 0 saturated heterocycles. The quantitative estimate of drug-likeness (QED) is 0.369. The van der Waals surface area contributed by atoms with E-state index in [0.717, 1.165) is 16.7 Å². The van der Waals surface area contributed by atoms with Crippen LogP contribution in [0.15, 0.2) is 29.2 Å². The van der Waals surface area contributed by atoms with Gasteiger partial charge in [0.15, 0.2) is 5.17 Å². The van der Waals surface area contributed by atoms with Crippen LogP contribution in [0.25, 0.3) is 0 Å². The third-order valence-corrected chi connectivity index (χ3v) is 2.09. The Bertz CT molecular complexity index is 334. The number of amidine groups is 1. The third-order valence-electron chi connectivity index (χ3n) is 1.37. The minimum atomic E-state index is -0.459. The summed E-state index contributed by atoms with van der Waals surface area (Å²) in [5, 5.41) is 7.04. The zero-order valence-electron chi connectivity index (χ0n) is 6.78. The Balaban J connectivity index is 2.81. The highest BCUT2D eigenvalue weighted by molar-refractivity contribution is 8.13. The summed E-state index contributed by atoms with van der Waals surface area (Å²) >= 11 is 1.13. The minimum Gasteiger partial charge on any atom is -0.378 e. The van der Waals surface area contributed by atoms with Gasteiger partial charge in [0.05, 0.1) is 0 Å². The van der Waals surface area contributed by atoms with E-state index < -0.39 is 5.91 Å². The predicted molar refractivity (Wildman–Crippen MR) is 52.7 cm³/mol. The lowest BCUT2D eigenvalue weighted by Crippen LogP contribution is -2.10. The zero-order chi connectivity index (χ0) is 9.84. The van der Waals surface area contributed by atoms with Gasteiger partial charge >= 0.3 is 0 Å². The lowest BCUT2D eigenvalue weighted by molar-refractivity contribution is 0.100. The van der Waals surface area contributed by atoms with Gasteiger partial charge in [0, 0.05) is 10.5 Å². The number of hydrogen-bond donors (Lipinski definition) is 3. The lowest BCUT2D eigenvalue weighted by atomic mass is 10.2. The van der Waals surface area contributed by atoms with E-state index >= 15 is 0 Å². The fourth-order valence-electron chi connectivity index (χ4n) is 0.814. The average molecular weight is 195 g/mol. The highest BCUT2D eigenvalue weighted by Crippen LogP contribution is 2.17. The van der Waals surface area contributed by atoms with E-state index in [-0.39, 0.29) is 5.17 Å². The van der Waals surface area contributed by atoms with Gasteiger partial charge in [-0.25, -0.2) is 0 Å². The first kappa shape index (κ1) is 9.60. The van der Waals surface area contributed by atoms with Crippen molar-refractivity contribution in [3.63, 3.8) is 0 Å². The van der Waals surface area contributed by atoms with Crippen LogP contribution in [-0.2, 0) is 0 Å². The molecule has 0 saturated carbocycles. The van der Waals surface area contributed by atoms with Crippen LogP contribution < -0.4 is 11.5 Å². The van der Waals surface area contributed by atoms with Crippen LogP contribution >= 0.6 is 11.8 Å². The molecular formula is C8H9N3OS. The molecule has 5 N–H and O–H groups in total. The maximum Gasteiger partial charge on any atom is 0.248 e. The number of rotatable bonds is 2. The van der Waals surface area contributed by atoms with E-state index in [2.05, 4.69) is 0 Å². The van der Waals surface area contributed by atoms with Crippen LogP contribution in [-0.4, -0.2) is 11.1 Å². The Morgan fingerprint density at radius 2 is 1.77 bits per heavy atom. The van der Waals surface area contributed by atoms with Crippen LogP contribution in [0.5, 0.6) is 0 Å². The number of thioether (sulfide) groups is 1. The summed E-state index contributed by atoms with van der Waals surface area (Å²) in [6.07, 6.45) is 0. The highest BCUT2D eigenvalue weighted by Gasteiger charge is 2.00. The number of carbonyl (C=O) groups excluding carboxylic acids is 1. The van der Waals surface area contributed by atoms with Crippen molar-refractivity contribution in [2.75, 3.05) is 0 Å². The predicted octanol–water partition coefficient (Wildman–Crippen LogP) is 0.771. The number of amides is 1. The van der Waals surface area contributed by atoms with Gasteiger partial charge in [0.2, 0.25) is 5.91 Å². The van der Waals surface area contributed by atoms with Gasteiger partial charge < -0.3 is 11.5 Å². The second-order valence-corrected chi connectivity index (χ2v) is 3.47. The first-order chi connectivity index (χ1) is 6.09. The van der Waals surface area contributed by atoms with Crippen LogP contribution in [0.1, 0.15) is 10.4 Å². The van der Waals surface area contributed by atoms with E-state index in [0.29, 0.717) is 5.56 Å². The summed E-state index contributed by atoms with van der Waals surface area (Å²) < 4.78 is 0. The fraction of sp³-hybridized carbons (Fsp3) is 0. The molecule has 68 valence electrons. The van der Waals surface area contributed by atoms with Crippen molar-refractivity contribution in [1.82, 2.24) is 0 Å². The van der Waals surface area contributed by atoms with Crippen molar-refractivity contribution in [3.8, 4) is 0 Å². The summed E-state index contributed by atoms with van der Waals surface area (Å²) in [6, 6.07) is 6.61. The number of carbonyl (C=O) groups is 1. The molecule has 1 aromatic carbocycles. The molecule has 0 atom stereocenters. The van der Waals surface area contributed by atoms with Crippen molar-refractivity contribution < 1.29 is 4.79 Å². The Hall–Kier alpha value is -1.49. The second-order valence-electron chi connectivity index (χ2n) is 2.35. The van der Waals surface area contributed by atoms with Crippen molar-refractivity contribution >= 4 is 22.8 Å².